The van der Waals surface area contributed by atoms with Crippen molar-refractivity contribution in [3.05, 3.63) is 44.8 Å². The number of hydrogen-bond acceptors (Lipinski definition) is 3. The number of halogens is 2. The smallest absolute Gasteiger partial charge is 0.256 e. The summed E-state index contributed by atoms with van der Waals surface area (Å²) in [4.78, 5) is 11.9. The molecule has 6 heteroatoms. The summed E-state index contributed by atoms with van der Waals surface area (Å²) in [6, 6.07) is 5.67. The van der Waals surface area contributed by atoms with Crippen molar-refractivity contribution in [2.45, 2.75) is 0 Å². The van der Waals surface area contributed by atoms with Gasteiger partial charge in [-0.3, -0.25) is 4.79 Å². The molecular weight excluding hydrogens is 321 g/mol. The lowest BCUT2D eigenvalue weighted by Crippen LogP contribution is -2.11. The highest BCUT2D eigenvalue weighted by atomic mass is 79.9. The molecule has 3 nitrogen and oxygen atoms in total. The van der Waals surface area contributed by atoms with E-state index in [9.17, 15) is 9.18 Å². The highest BCUT2D eigenvalue weighted by molar-refractivity contribution is 9.11. The minimum absolute atomic E-state index is 0.262. The highest BCUT2D eigenvalue weighted by Gasteiger charge is 2.11. The first-order valence-electron chi connectivity index (χ1n) is 4.99. The van der Waals surface area contributed by atoms with Gasteiger partial charge in [-0.2, -0.15) is 0 Å². The Balaban J connectivity index is 2.21. The molecule has 18 heavy (non-hydrogen) atoms. The quantitative estimate of drug-likeness (QED) is 0.927. The Kier molecular flexibility index (Phi) is 3.98. The van der Waals surface area contributed by atoms with Gasteiger partial charge in [-0.05, 0) is 34.1 Å². The Bertz CT molecular complexity index is 585. The maximum Gasteiger partial charge on any atom is 0.256 e. The maximum atomic E-state index is 13.0. The topological polar surface area (TPSA) is 38.3 Å². The third kappa shape index (κ3) is 2.88. The lowest BCUT2D eigenvalue weighted by Gasteiger charge is -2.09. The predicted octanol–water partition coefficient (Wildman–Crippen LogP) is 3.91. The Labute approximate surface area is 116 Å². The third-order valence-corrected chi connectivity index (χ3v) is 3.75. The standard InChI is InChI=1S/C12H9BrFNO2S/c1-17-10-5-8(14)2-3-9(10)15-12(16)7-4-11(13)18-6-7/h2-6H,1H3,(H,15,16). The van der Waals surface area contributed by atoms with E-state index in [0.717, 1.165) is 3.79 Å². The van der Waals surface area contributed by atoms with Gasteiger partial charge in [0.2, 0.25) is 0 Å². The second-order valence-electron chi connectivity index (χ2n) is 3.44. The van der Waals surface area contributed by atoms with E-state index in [4.69, 9.17) is 4.74 Å². The molecule has 2 rings (SSSR count). The summed E-state index contributed by atoms with van der Waals surface area (Å²) in [5, 5.41) is 4.41. The lowest BCUT2D eigenvalue weighted by atomic mass is 10.2. The molecule has 94 valence electrons. The molecule has 0 bridgehead atoms. The van der Waals surface area contributed by atoms with Gasteiger partial charge in [-0.25, -0.2) is 4.39 Å². The maximum absolute atomic E-state index is 13.0. The molecule has 1 aromatic carbocycles. The van der Waals surface area contributed by atoms with E-state index in [1.807, 2.05) is 0 Å². The molecule has 1 N–H and O–H groups in total. The Morgan fingerprint density at radius 1 is 1.44 bits per heavy atom. The fraction of sp³-hybridized carbons (Fsp3) is 0.0833. The van der Waals surface area contributed by atoms with Crippen molar-refractivity contribution in [3.63, 3.8) is 0 Å². The molecule has 0 unspecified atom stereocenters. The van der Waals surface area contributed by atoms with Crippen LogP contribution >= 0.6 is 27.3 Å². The molecule has 0 aliphatic carbocycles. The van der Waals surface area contributed by atoms with Crippen LogP contribution in [0.15, 0.2) is 33.4 Å². The highest BCUT2D eigenvalue weighted by Crippen LogP contribution is 2.26. The Hall–Kier alpha value is -1.40. The summed E-state index contributed by atoms with van der Waals surface area (Å²) in [6.45, 7) is 0. The molecule has 1 heterocycles. The lowest BCUT2D eigenvalue weighted by molar-refractivity contribution is 0.102. The Morgan fingerprint density at radius 3 is 2.83 bits per heavy atom. The molecule has 1 aromatic heterocycles. The number of hydrogen-bond donors (Lipinski definition) is 1. The zero-order valence-corrected chi connectivity index (χ0v) is 11.8. The molecule has 0 saturated carbocycles. The number of thiophene rings is 1. The van der Waals surface area contributed by atoms with E-state index in [0.29, 0.717) is 11.3 Å². The number of anilines is 1. The molecule has 0 fully saturated rings. The van der Waals surface area contributed by atoms with Gasteiger partial charge in [0.05, 0.1) is 22.1 Å². The first kappa shape index (κ1) is 13.0. The van der Waals surface area contributed by atoms with E-state index >= 15 is 0 Å². The summed E-state index contributed by atoms with van der Waals surface area (Å²) in [6.07, 6.45) is 0. The predicted molar refractivity (Wildman–Crippen MR) is 72.9 cm³/mol. The SMILES string of the molecule is COc1cc(F)ccc1NC(=O)c1csc(Br)c1. The van der Waals surface area contributed by atoms with Crippen molar-refractivity contribution in [2.75, 3.05) is 12.4 Å². The molecule has 2 aromatic rings. The van der Waals surface area contributed by atoms with Crippen LogP contribution in [0.4, 0.5) is 10.1 Å². The van der Waals surface area contributed by atoms with Gasteiger partial charge in [0.25, 0.3) is 5.91 Å². The van der Waals surface area contributed by atoms with Gasteiger partial charge in [-0.1, -0.05) is 0 Å². The first-order valence-corrected chi connectivity index (χ1v) is 6.66. The van der Waals surface area contributed by atoms with Crippen molar-refractivity contribution in [1.82, 2.24) is 0 Å². The van der Waals surface area contributed by atoms with Gasteiger partial charge < -0.3 is 10.1 Å². The van der Waals surface area contributed by atoms with Crippen LogP contribution in [-0.4, -0.2) is 13.0 Å². The number of nitrogens with one attached hydrogen (secondary N) is 1. The van der Waals surface area contributed by atoms with Gasteiger partial charge in [0.1, 0.15) is 11.6 Å². The summed E-state index contributed by atoms with van der Waals surface area (Å²) in [5.41, 5.74) is 0.976. The fourth-order valence-corrected chi connectivity index (χ4v) is 2.53. The van der Waals surface area contributed by atoms with Crippen molar-refractivity contribution in [3.8, 4) is 5.75 Å². The molecule has 0 spiro atoms. The Morgan fingerprint density at radius 2 is 2.22 bits per heavy atom. The van der Waals surface area contributed by atoms with Crippen molar-refractivity contribution < 1.29 is 13.9 Å². The van der Waals surface area contributed by atoms with Crippen LogP contribution in [0.5, 0.6) is 5.75 Å². The van der Waals surface area contributed by atoms with Gasteiger partial charge in [0.15, 0.2) is 0 Å². The number of ether oxygens (including phenoxy) is 1. The fourth-order valence-electron chi connectivity index (χ4n) is 1.39. The average molecular weight is 330 g/mol. The number of amides is 1. The average Bonchev–Trinajstić information content (AvgIpc) is 2.78. The normalized spacial score (nSPS) is 10.2. The van der Waals surface area contributed by atoms with E-state index in [-0.39, 0.29) is 11.7 Å². The van der Waals surface area contributed by atoms with Crippen LogP contribution in [-0.2, 0) is 0 Å². The van der Waals surface area contributed by atoms with Crippen LogP contribution < -0.4 is 10.1 Å². The van der Waals surface area contributed by atoms with E-state index in [1.54, 1.807) is 11.4 Å². The molecule has 1 amide bonds. The minimum atomic E-state index is -0.414. The summed E-state index contributed by atoms with van der Waals surface area (Å²) < 4.78 is 18.9. The zero-order chi connectivity index (χ0) is 13.1. The number of methoxy groups -OCH3 is 1. The monoisotopic (exact) mass is 329 g/mol. The molecular formula is C12H9BrFNO2S. The third-order valence-electron chi connectivity index (χ3n) is 2.24. The van der Waals surface area contributed by atoms with Gasteiger partial charge >= 0.3 is 0 Å². The summed E-state index contributed by atoms with van der Waals surface area (Å²) in [7, 11) is 1.42. The first-order chi connectivity index (χ1) is 8.60. The van der Waals surface area contributed by atoms with Crippen LogP contribution in [0, 0.1) is 5.82 Å². The van der Waals surface area contributed by atoms with E-state index < -0.39 is 5.82 Å². The second kappa shape index (κ2) is 5.49. The number of rotatable bonds is 3. The van der Waals surface area contributed by atoms with Crippen molar-refractivity contribution in [1.29, 1.82) is 0 Å². The number of carbonyl (C=O) groups excluding carboxylic acids is 1. The molecule has 0 atom stereocenters. The summed E-state index contributed by atoms with van der Waals surface area (Å²) >= 11 is 4.71. The zero-order valence-electron chi connectivity index (χ0n) is 9.37. The summed E-state index contributed by atoms with van der Waals surface area (Å²) in [5.74, 6) is -0.386. The molecule has 0 radical (unpaired) electrons. The van der Waals surface area contributed by atoms with Crippen LogP contribution in [0.2, 0.25) is 0 Å². The van der Waals surface area contributed by atoms with Crippen molar-refractivity contribution in [2.24, 2.45) is 0 Å². The van der Waals surface area contributed by atoms with Gasteiger partial charge in [-0.15, -0.1) is 11.3 Å². The number of benzene rings is 1. The second-order valence-corrected chi connectivity index (χ2v) is 5.73. The van der Waals surface area contributed by atoms with E-state index in [1.165, 1.54) is 36.6 Å². The molecule has 0 aliphatic rings. The molecule has 0 saturated heterocycles. The van der Waals surface area contributed by atoms with Crippen LogP contribution in [0.1, 0.15) is 10.4 Å². The van der Waals surface area contributed by atoms with Crippen molar-refractivity contribution >= 4 is 38.9 Å². The largest absolute Gasteiger partial charge is 0.494 e. The minimum Gasteiger partial charge on any atom is -0.494 e. The molecule has 0 aliphatic heterocycles. The number of carbonyl (C=O) groups is 1. The van der Waals surface area contributed by atoms with Crippen LogP contribution in [0.3, 0.4) is 0 Å². The van der Waals surface area contributed by atoms with E-state index in [2.05, 4.69) is 21.2 Å². The van der Waals surface area contributed by atoms with Crippen LogP contribution in [0.25, 0.3) is 0 Å². The van der Waals surface area contributed by atoms with Gasteiger partial charge in [0, 0.05) is 11.4 Å².